The van der Waals surface area contributed by atoms with E-state index in [9.17, 15) is 18.3 Å². The van der Waals surface area contributed by atoms with Crippen LogP contribution in [0, 0.1) is 0 Å². The first kappa shape index (κ1) is 18.2. The Morgan fingerprint density at radius 3 is 2.35 bits per heavy atom. The van der Waals surface area contributed by atoms with Gasteiger partial charge in [-0.1, -0.05) is 62.2 Å². The fourth-order valence-electron chi connectivity index (χ4n) is 3.05. The summed E-state index contributed by atoms with van der Waals surface area (Å²) in [6.07, 6.45) is 2.36. The molecule has 0 bridgehead atoms. The second-order valence-corrected chi connectivity index (χ2v) is 8.00. The molecule has 136 valence electrons. The Balaban J connectivity index is 2.21. The lowest BCUT2D eigenvalue weighted by atomic mass is 10.0. The zero-order chi connectivity index (χ0) is 18.7. The Labute approximate surface area is 153 Å². The van der Waals surface area contributed by atoms with Crippen molar-refractivity contribution in [3.8, 4) is 0 Å². The van der Waals surface area contributed by atoms with Crippen molar-refractivity contribution in [2.45, 2.75) is 31.1 Å². The summed E-state index contributed by atoms with van der Waals surface area (Å²) in [5, 5.41) is 10.8. The van der Waals surface area contributed by atoms with Crippen LogP contribution in [0.4, 0.5) is 0 Å². The maximum atomic E-state index is 13.1. The Kier molecular flexibility index (Phi) is 5.13. The maximum Gasteiger partial charge on any atom is 0.265 e. The summed E-state index contributed by atoms with van der Waals surface area (Å²) in [6, 6.07) is 14.7. The normalized spacial score (nSPS) is 17.7. The molecule has 0 aromatic heterocycles. The van der Waals surface area contributed by atoms with Gasteiger partial charge in [-0.25, -0.2) is 8.42 Å². The van der Waals surface area contributed by atoms with Crippen molar-refractivity contribution in [3.63, 3.8) is 0 Å². The molecule has 1 N–H and O–H groups in total. The molecule has 1 aliphatic rings. The van der Waals surface area contributed by atoms with E-state index < -0.39 is 15.8 Å². The van der Waals surface area contributed by atoms with Crippen LogP contribution in [-0.4, -0.2) is 30.2 Å². The molecule has 5 nitrogen and oxygen atoms in total. The molecular formula is C20H21NO4S. The van der Waals surface area contributed by atoms with Gasteiger partial charge in [0.25, 0.3) is 10.0 Å². The minimum atomic E-state index is -3.90. The van der Waals surface area contributed by atoms with Crippen LogP contribution in [-0.2, 0) is 10.0 Å². The topological polar surface area (TPSA) is 74.7 Å². The molecule has 0 radical (unpaired) electrons. The summed E-state index contributed by atoms with van der Waals surface area (Å²) in [5.74, 6) is -0.793. The number of rotatable bonds is 5. The molecule has 0 saturated carbocycles. The number of ketones is 1. The first-order chi connectivity index (χ1) is 12.5. The van der Waals surface area contributed by atoms with Gasteiger partial charge in [0.2, 0.25) is 5.78 Å². The number of allylic oxidation sites excluding steroid dienone is 1. The molecule has 0 unspecified atom stereocenters. The average Bonchev–Trinajstić information content (AvgIpc) is 2.66. The van der Waals surface area contributed by atoms with Gasteiger partial charge in [-0.15, -0.1) is 0 Å². The number of carbonyl (C=O) groups excluding carboxylic acids is 1. The summed E-state index contributed by atoms with van der Waals surface area (Å²) < 4.78 is 27.3. The van der Waals surface area contributed by atoms with Gasteiger partial charge < -0.3 is 5.11 Å². The van der Waals surface area contributed by atoms with Gasteiger partial charge in [0.05, 0.1) is 4.90 Å². The first-order valence-corrected chi connectivity index (χ1v) is 10.1. The second kappa shape index (κ2) is 7.33. The van der Waals surface area contributed by atoms with Gasteiger partial charge >= 0.3 is 0 Å². The van der Waals surface area contributed by atoms with Crippen molar-refractivity contribution in [3.05, 3.63) is 71.4 Å². The van der Waals surface area contributed by atoms with Crippen LogP contribution in [0.2, 0.25) is 0 Å². The lowest BCUT2D eigenvalue weighted by molar-refractivity contribution is 0.0998. The molecule has 2 aromatic carbocycles. The minimum Gasteiger partial charge on any atom is -0.505 e. The monoisotopic (exact) mass is 371 g/mol. The van der Waals surface area contributed by atoms with E-state index in [1.165, 1.54) is 12.1 Å². The van der Waals surface area contributed by atoms with E-state index in [0.717, 1.165) is 17.1 Å². The van der Waals surface area contributed by atoms with E-state index >= 15 is 0 Å². The number of hydrogen-bond acceptors (Lipinski definition) is 4. The largest absolute Gasteiger partial charge is 0.505 e. The highest BCUT2D eigenvalue weighted by molar-refractivity contribution is 7.89. The highest BCUT2D eigenvalue weighted by Crippen LogP contribution is 2.35. The van der Waals surface area contributed by atoms with Gasteiger partial charge in [-0.2, -0.15) is 0 Å². The molecule has 2 aromatic rings. The Morgan fingerprint density at radius 1 is 1.00 bits per heavy atom. The van der Waals surface area contributed by atoms with Gasteiger partial charge in [-0.3, -0.25) is 9.10 Å². The van der Waals surface area contributed by atoms with E-state index in [1.807, 2.05) is 6.92 Å². The van der Waals surface area contributed by atoms with Crippen LogP contribution < -0.4 is 0 Å². The summed E-state index contributed by atoms with van der Waals surface area (Å²) >= 11 is 0. The summed E-state index contributed by atoms with van der Waals surface area (Å²) in [6.45, 7) is 2.17. The van der Waals surface area contributed by atoms with E-state index in [4.69, 9.17) is 0 Å². The third-order valence-corrected chi connectivity index (χ3v) is 6.26. The van der Waals surface area contributed by atoms with Crippen LogP contribution in [0.15, 0.2) is 65.2 Å². The van der Waals surface area contributed by atoms with E-state index in [0.29, 0.717) is 12.0 Å². The molecule has 0 atom stereocenters. The Hall–Kier alpha value is -2.60. The van der Waals surface area contributed by atoms with Gasteiger partial charge in [0.15, 0.2) is 5.76 Å². The van der Waals surface area contributed by atoms with Crippen LogP contribution in [0.1, 0.15) is 42.1 Å². The number of aliphatic hydroxyl groups is 1. The van der Waals surface area contributed by atoms with Gasteiger partial charge in [0, 0.05) is 17.7 Å². The van der Waals surface area contributed by atoms with Crippen LogP contribution in [0.5, 0.6) is 0 Å². The molecule has 1 heterocycles. The molecule has 0 aliphatic carbocycles. The number of hydrogen-bond donors (Lipinski definition) is 1. The molecular weight excluding hydrogens is 350 g/mol. The number of aliphatic hydroxyl groups excluding tert-OH is 1. The molecule has 1 aliphatic heterocycles. The number of sulfonamides is 1. The molecule has 0 amide bonds. The lowest BCUT2D eigenvalue weighted by Gasteiger charge is -2.31. The van der Waals surface area contributed by atoms with E-state index in [1.54, 1.807) is 42.5 Å². The highest BCUT2D eigenvalue weighted by atomic mass is 32.2. The third-order valence-electron chi connectivity index (χ3n) is 4.40. The van der Waals surface area contributed by atoms with Crippen molar-refractivity contribution < 1.29 is 18.3 Å². The Morgan fingerprint density at radius 2 is 1.65 bits per heavy atom. The second-order valence-electron chi connectivity index (χ2n) is 6.17. The minimum absolute atomic E-state index is 0.00823. The standard InChI is InChI=1S/C20H21NO4S/c1-2-3-9-14-21-18(19(22)15-10-5-4-6-11-15)20(23)16-12-7-8-13-17(16)26(21,24)25/h4-8,10-13,22H,2-3,9,14H2,1H3/b19-18-. The third kappa shape index (κ3) is 3.12. The smallest absolute Gasteiger partial charge is 0.265 e. The fourth-order valence-corrected chi connectivity index (χ4v) is 4.76. The zero-order valence-corrected chi connectivity index (χ0v) is 15.4. The van der Waals surface area contributed by atoms with Crippen LogP contribution >= 0.6 is 0 Å². The number of carbonyl (C=O) groups is 1. The molecule has 3 rings (SSSR count). The zero-order valence-electron chi connectivity index (χ0n) is 14.6. The molecule has 0 fully saturated rings. The average molecular weight is 371 g/mol. The van der Waals surface area contributed by atoms with Gasteiger partial charge in [-0.05, 0) is 18.6 Å². The first-order valence-electron chi connectivity index (χ1n) is 8.63. The number of benzene rings is 2. The summed E-state index contributed by atoms with van der Waals surface area (Å²) in [4.78, 5) is 13.0. The maximum absolute atomic E-state index is 13.1. The number of nitrogens with zero attached hydrogens (tertiary/aromatic N) is 1. The molecule has 6 heteroatoms. The number of unbranched alkanes of at least 4 members (excludes halogenated alkanes) is 2. The summed E-state index contributed by atoms with van der Waals surface area (Å²) in [5.41, 5.74) is 0.327. The number of fused-ring (bicyclic) bond motifs is 1. The Bertz CT molecular complexity index is 949. The quantitative estimate of drug-likeness (QED) is 0.490. The van der Waals surface area contributed by atoms with Crippen LogP contribution in [0.3, 0.4) is 0 Å². The molecule has 0 saturated heterocycles. The van der Waals surface area contributed by atoms with Crippen LogP contribution in [0.25, 0.3) is 5.76 Å². The van der Waals surface area contributed by atoms with E-state index in [2.05, 4.69) is 0 Å². The molecule has 26 heavy (non-hydrogen) atoms. The highest BCUT2D eigenvalue weighted by Gasteiger charge is 2.41. The molecule has 0 spiro atoms. The van der Waals surface area contributed by atoms with Crippen molar-refractivity contribution in [2.75, 3.05) is 6.54 Å². The van der Waals surface area contributed by atoms with Gasteiger partial charge in [0.1, 0.15) is 5.70 Å². The predicted octanol–water partition coefficient (Wildman–Crippen LogP) is 3.99. The van der Waals surface area contributed by atoms with Crippen molar-refractivity contribution >= 4 is 21.6 Å². The van der Waals surface area contributed by atoms with Crippen molar-refractivity contribution in [1.29, 1.82) is 0 Å². The lowest BCUT2D eigenvalue weighted by Crippen LogP contribution is -2.40. The predicted molar refractivity (Wildman–Crippen MR) is 100 cm³/mol. The fraction of sp³-hybridized carbons (Fsp3) is 0.250. The number of Topliss-reactive ketones (excluding diaryl/α,β-unsaturated/α-hetero) is 1. The summed E-state index contributed by atoms with van der Waals surface area (Å²) in [7, 11) is -3.90. The SMILES string of the molecule is CCCCCN1/C(=C(\O)c2ccccc2)C(=O)c2ccccc2S1(=O)=O. The van der Waals surface area contributed by atoms with E-state index in [-0.39, 0.29) is 28.5 Å². The van der Waals surface area contributed by atoms with Crippen molar-refractivity contribution in [1.82, 2.24) is 4.31 Å². The van der Waals surface area contributed by atoms with Crippen molar-refractivity contribution in [2.24, 2.45) is 0 Å².